The Morgan fingerprint density at radius 2 is 1.93 bits per heavy atom. The summed E-state index contributed by atoms with van der Waals surface area (Å²) >= 11 is 0. The van der Waals surface area contributed by atoms with Crippen LogP contribution >= 0.6 is 0 Å². The zero-order valence-electron chi connectivity index (χ0n) is 16.9. The number of carbonyl (C=O) groups is 2. The second-order valence-electron chi connectivity index (χ2n) is 6.77. The molecule has 7 nitrogen and oxygen atoms in total. The molecule has 0 aliphatic carbocycles. The van der Waals surface area contributed by atoms with Gasteiger partial charge in [-0.2, -0.15) is 0 Å². The molecule has 0 aliphatic heterocycles. The summed E-state index contributed by atoms with van der Waals surface area (Å²) in [6.45, 7) is 6.76. The van der Waals surface area contributed by atoms with Gasteiger partial charge in [-0.25, -0.2) is 4.98 Å². The van der Waals surface area contributed by atoms with Gasteiger partial charge in [-0.1, -0.05) is 0 Å². The van der Waals surface area contributed by atoms with Crippen molar-refractivity contribution in [1.82, 2.24) is 10.3 Å². The van der Waals surface area contributed by atoms with Crippen molar-refractivity contribution < 1.29 is 23.5 Å². The topological polar surface area (TPSA) is 90.7 Å². The summed E-state index contributed by atoms with van der Waals surface area (Å²) in [5, 5.41) is 2.73. The third kappa shape index (κ3) is 6.81. The lowest BCUT2D eigenvalue weighted by atomic mass is 10.1. The number of oxazole rings is 1. The molecule has 1 heterocycles. The number of hydrogen-bond donors (Lipinski definition) is 1. The van der Waals surface area contributed by atoms with Crippen LogP contribution < -0.4 is 10.1 Å². The molecule has 28 heavy (non-hydrogen) atoms. The summed E-state index contributed by atoms with van der Waals surface area (Å²) in [5.74, 6) is 1.27. The first kappa shape index (κ1) is 21.6. The highest BCUT2D eigenvalue weighted by Gasteiger charge is 2.17. The van der Waals surface area contributed by atoms with Crippen molar-refractivity contribution in [3.63, 3.8) is 0 Å². The first-order valence-electron chi connectivity index (χ1n) is 9.39. The van der Waals surface area contributed by atoms with Crippen molar-refractivity contribution in [2.24, 2.45) is 0 Å². The number of rotatable bonds is 11. The summed E-state index contributed by atoms with van der Waals surface area (Å²) in [6.07, 6.45) is 0.779. The number of ketones is 1. The third-order valence-electron chi connectivity index (χ3n) is 4.05. The van der Waals surface area contributed by atoms with Crippen LogP contribution in [0.5, 0.6) is 5.75 Å². The van der Waals surface area contributed by atoms with Gasteiger partial charge in [-0.05, 0) is 51.5 Å². The summed E-state index contributed by atoms with van der Waals surface area (Å²) in [6, 6.07) is 7.31. The molecule has 0 saturated carbocycles. The lowest BCUT2D eigenvalue weighted by Crippen LogP contribution is -2.28. The fourth-order valence-electron chi connectivity index (χ4n) is 2.56. The van der Waals surface area contributed by atoms with E-state index >= 15 is 0 Å². The number of benzene rings is 1. The third-order valence-corrected chi connectivity index (χ3v) is 4.05. The Balaban J connectivity index is 1.83. The second kappa shape index (κ2) is 10.6. The number of ether oxygens (including phenoxy) is 2. The number of carbonyl (C=O) groups excluding carboxylic acids is 2. The molecule has 1 aromatic heterocycles. The molecular weight excluding hydrogens is 360 g/mol. The zero-order valence-corrected chi connectivity index (χ0v) is 16.9. The number of methoxy groups -OCH3 is 1. The van der Waals surface area contributed by atoms with Gasteiger partial charge in [0.1, 0.15) is 17.3 Å². The minimum absolute atomic E-state index is 0.0648. The molecule has 7 heteroatoms. The van der Waals surface area contributed by atoms with E-state index in [1.165, 1.54) is 0 Å². The highest BCUT2D eigenvalue weighted by atomic mass is 16.5. The summed E-state index contributed by atoms with van der Waals surface area (Å²) in [5.41, 5.74) is 1.35. The Labute approximate surface area is 165 Å². The van der Waals surface area contributed by atoms with Crippen molar-refractivity contribution in [2.75, 3.05) is 20.3 Å². The van der Waals surface area contributed by atoms with Crippen LogP contribution in [-0.4, -0.2) is 43.0 Å². The van der Waals surface area contributed by atoms with Gasteiger partial charge in [-0.3, -0.25) is 9.59 Å². The van der Waals surface area contributed by atoms with Gasteiger partial charge in [0, 0.05) is 18.7 Å². The molecular formula is C21H28N2O5. The molecule has 0 aliphatic rings. The number of nitrogens with one attached hydrogen (secondary N) is 1. The minimum Gasteiger partial charge on any atom is -0.497 e. The maximum absolute atomic E-state index is 12.2. The molecule has 0 atom stereocenters. The van der Waals surface area contributed by atoms with Crippen molar-refractivity contribution in [2.45, 2.75) is 46.1 Å². The zero-order chi connectivity index (χ0) is 20.5. The Bertz CT molecular complexity index is 781. The van der Waals surface area contributed by atoms with Crippen molar-refractivity contribution in [3.8, 4) is 17.2 Å². The second-order valence-corrected chi connectivity index (χ2v) is 6.77. The van der Waals surface area contributed by atoms with E-state index in [2.05, 4.69) is 10.3 Å². The van der Waals surface area contributed by atoms with E-state index in [-0.39, 0.29) is 30.6 Å². The van der Waals surface area contributed by atoms with E-state index in [1.54, 1.807) is 14.0 Å². The number of amides is 1. The molecule has 0 spiro atoms. The van der Waals surface area contributed by atoms with E-state index in [1.807, 2.05) is 38.1 Å². The average Bonchev–Trinajstić information content (AvgIpc) is 3.01. The van der Waals surface area contributed by atoms with Crippen molar-refractivity contribution in [1.29, 1.82) is 0 Å². The van der Waals surface area contributed by atoms with Crippen LogP contribution in [0.4, 0.5) is 0 Å². The molecule has 152 valence electrons. The van der Waals surface area contributed by atoms with E-state index in [4.69, 9.17) is 13.9 Å². The summed E-state index contributed by atoms with van der Waals surface area (Å²) in [7, 11) is 1.60. The van der Waals surface area contributed by atoms with Crippen LogP contribution in [-0.2, 0) is 20.7 Å². The van der Waals surface area contributed by atoms with Crippen LogP contribution in [0.1, 0.15) is 38.1 Å². The Morgan fingerprint density at radius 3 is 2.57 bits per heavy atom. The number of nitrogens with zero attached hydrogens (tertiary/aromatic N) is 1. The van der Waals surface area contributed by atoms with Crippen LogP contribution in [0.3, 0.4) is 0 Å². The van der Waals surface area contributed by atoms with Crippen LogP contribution in [0.25, 0.3) is 11.5 Å². The lowest BCUT2D eigenvalue weighted by molar-refractivity contribution is -0.127. The first-order valence-corrected chi connectivity index (χ1v) is 9.39. The van der Waals surface area contributed by atoms with Gasteiger partial charge >= 0.3 is 0 Å². The van der Waals surface area contributed by atoms with Gasteiger partial charge in [-0.15, -0.1) is 0 Å². The number of hydrogen-bond acceptors (Lipinski definition) is 6. The Morgan fingerprint density at radius 1 is 1.21 bits per heavy atom. The molecule has 0 bridgehead atoms. The molecule has 0 saturated heterocycles. The van der Waals surface area contributed by atoms with Crippen molar-refractivity contribution in [3.05, 3.63) is 35.7 Å². The predicted octanol–water partition coefficient (Wildman–Crippen LogP) is 3.09. The smallest absolute Gasteiger partial charge is 0.227 e. The van der Waals surface area contributed by atoms with Crippen molar-refractivity contribution >= 4 is 11.7 Å². The summed E-state index contributed by atoms with van der Waals surface area (Å²) < 4.78 is 16.2. The largest absolute Gasteiger partial charge is 0.497 e. The molecule has 1 N–H and O–H groups in total. The lowest BCUT2D eigenvalue weighted by Gasteiger charge is -2.08. The monoisotopic (exact) mass is 388 g/mol. The van der Waals surface area contributed by atoms with E-state index < -0.39 is 0 Å². The van der Waals surface area contributed by atoms with E-state index in [0.717, 1.165) is 11.3 Å². The molecule has 2 aromatic rings. The Kier molecular flexibility index (Phi) is 8.19. The quantitative estimate of drug-likeness (QED) is 0.470. The van der Waals surface area contributed by atoms with Crippen LogP contribution in [0.2, 0.25) is 0 Å². The maximum Gasteiger partial charge on any atom is 0.227 e. The fourth-order valence-corrected chi connectivity index (χ4v) is 2.56. The predicted molar refractivity (Wildman–Crippen MR) is 105 cm³/mol. The number of Topliss-reactive ketones (excluding diaryl/α,β-unsaturated/α-hetero) is 1. The molecule has 0 fully saturated rings. The minimum atomic E-state index is -0.286. The van der Waals surface area contributed by atoms with Gasteiger partial charge in [0.15, 0.2) is 0 Å². The summed E-state index contributed by atoms with van der Waals surface area (Å²) in [4.78, 5) is 28.5. The van der Waals surface area contributed by atoms with Crippen LogP contribution in [0, 0.1) is 6.92 Å². The standard InChI is InChI=1S/C21H28N2O5/c1-14(2)27-11-5-10-22-20(25)13-17(24)12-19-15(3)28-21(23-19)16-6-8-18(26-4)9-7-16/h6-9,14H,5,10-13H2,1-4H3,(H,22,25). The van der Waals surface area contributed by atoms with Gasteiger partial charge in [0.2, 0.25) is 11.8 Å². The molecule has 2 rings (SSSR count). The van der Waals surface area contributed by atoms with Gasteiger partial charge in [0.05, 0.1) is 31.7 Å². The molecule has 1 amide bonds. The molecule has 1 aromatic carbocycles. The first-order chi connectivity index (χ1) is 13.4. The SMILES string of the molecule is COc1ccc(-c2nc(CC(=O)CC(=O)NCCCOC(C)C)c(C)o2)cc1. The Hall–Kier alpha value is -2.67. The normalized spacial score (nSPS) is 10.9. The van der Waals surface area contributed by atoms with Gasteiger partial charge < -0.3 is 19.2 Å². The number of aromatic nitrogens is 1. The highest BCUT2D eigenvalue weighted by Crippen LogP contribution is 2.24. The fraction of sp³-hybridized carbons (Fsp3) is 0.476. The van der Waals surface area contributed by atoms with Gasteiger partial charge in [0.25, 0.3) is 0 Å². The maximum atomic E-state index is 12.2. The van der Waals surface area contributed by atoms with Crippen LogP contribution in [0.15, 0.2) is 28.7 Å². The highest BCUT2D eigenvalue weighted by molar-refractivity contribution is 5.98. The molecule has 0 unspecified atom stereocenters. The van der Waals surface area contributed by atoms with E-state index in [0.29, 0.717) is 36.9 Å². The molecule has 0 radical (unpaired) electrons. The van der Waals surface area contributed by atoms with E-state index in [9.17, 15) is 9.59 Å². The average molecular weight is 388 g/mol. The number of aryl methyl sites for hydroxylation is 1.